The minimum atomic E-state index is -0.179. The molecule has 0 aromatic carbocycles. The molecular weight excluding hydrogens is 236 g/mol. The van der Waals surface area contributed by atoms with E-state index in [0.29, 0.717) is 6.54 Å². The predicted molar refractivity (Wildman–Crippen MR) is 68.2 cm³/mol. The van der Waals surface area contributed by atoms with Crippen molar-refractivity contribution in [1.82, 2.24) is 20.5 Å². The van der Waals surface area contributed by atoms with Gasteiger partial charge in [-0.15, -0.1) is 5.10 Å². The molecule has 0 bridgehead atoms. The number of carbonyl (C=O) groups is 1. The van der Waals surface area contributed by atoms with Gasteiger partial charge in [-0.2, -0.15) is 11.8 Å². The first-order valence-electron chi connectivity index (χ1n) is 5.94. The Hall–Kier alpha value is -1.04. The van der Waals surface area contributed by atoms with Crippen LogP contribution in [0.5, 0.6) is 0 Å². The summed E-state index contributed by atoms with van der Waals surface area (Å²) < 4.78 is 0.250. The molecule has 17 heavy (non-hydrogen) atoms. The van der Waals surface area contributed by atoms with E-state index >= 15 is 0 Å². The molecule has 0 radical (unpaired) electrons. The Balaban J connectivity index is 1.88. The topological polar surface area (TPSA) is 70.7 Å². The molecule has 6 heteroatoms. The zero-order valence-corrected chi connectivity index (χ0v) is 11.1. The van der Waals surface area contributed by atoms with Gasteiger partial charge in [0.15, 0.2) is 0 Å². The smallest absolute Gasteiger partial charge is 0.291 e. The van der Waals surface area contributed by atoms with Crippen molar-refractivity contribution in [3.05, 3.63) is 11.6 Å². The van der Waals surface area contributed by atoms with Crippen LogP contribution >= 0.6 is 11.8 Å². The maximum Gasteiger partial charge on any atom is 0.291 e. The van der Waals surface area contributed by atoms with Gasteiger partial charge >= 0.3 is 0 Å². The second-order valence-electron chi connectivity index (χ2n) is 4.38. The van der Waals surface area contributed by atoms with Crippen molar-refractivity contribution in [3.63, 3.8) is 0 Å². The lowest BCUT2D eigenvalue weighted by molar-refractivity contribution is 0.0934. The normalized spacial score (nSPS) is 17.5. The van der Waals surface area contributed by atoms with E-state index < -0.39 is 0 Å². The Morgan fingerprint density at radius 3 is 2.82 bits per heavy atom. The largest absolute Gasteiger partial charge is 0.348 e. The van der Waals surface area contributed by atoms with E-state index in [4.69, 9.17) is 0 Å². The summed E-state index contributed by atoms with van der Waals surface area (Å²) in [6.45, 7) is 2.68. The molecule has 1 aliphatic rings. The molecule has 0 spiro atoms. The summed E-state index contributed by atoms with van der Waals surface area (Å²) in [5, 5.41) is 9.58. The molecule has 1 aliphatic carbocycles. The number of aromatic nitrogens is 3. The molecule has 2 rings (SSSR count). The van der Waals surface area contributed by atoms with E-state index in [1.165, 1.54) is 19.3 Å². The van der Waals surface area contributed by atoms with E-state index in [-0.39, 0.29) is 16.5 Å². The molecule has 1 amide bonds. The maximum absolute atomic E-state index is 11.8. The second-order valence-corrected chi connectivity index (χ2v) is 5.66. The van der Waals surface area contributed by atoms with Crippen LogP contribution < -0.4 is 5.32 Å². The fourth-order valence-corrected chi connectivity index (χ4v) is 2.81. The molecule has 1 heterocycles. The second kappa shape index (κ2) is 5.08. The van der Waals surface area contributed by atoms with Crippen molar-refractivity contribution >= 4 is 17.7 Å². The van der Waals surface area contributed by atoms with Gasteiger partial charge in [-0.3, -0.25) is 9.89 Å². The standard InChI is InChI=1S/C11H18N4OS/c1-3-8-13-9(15-14-8)10(16)12-7-11(17-2)5-4-6-11/h3-7H2,1-2H3,(H,12,16)(H,13,14,15). The van der Waals surface area contributed by atoms with Crippen molar-refractivity contribution < 1.29 is 4.79 Å². The average molecular weight is 254 g/mol. The fourth-order valence-electron chi connectivity index (χ4n) is 1.90. The van der Waals surface area contributed by atoms with Crippen LogP contribution in [0.3, 0.4) is 0 Å². The summed E-state index contributed by atoms with van der Waals surface area (Å²) in [6, 6.07) is 0. The number of amides is 1. The lowest BCUT2D eigenvalue weighted by Crippen LogP contribution is -2.45. The molecule has 1 saturated carbocycles. The van der Waals surface area contributed by atoms with Gasteiger partial charge in [-0.25, -0.2) is 4.98 Å². The van der Waals surface area contributed by atoms with Crippen molar-refractivity contribution in [2.24, 2.45) is 0 Å². The van der Waals surface area contributed by atoms with Crippen LogP contribution in [0.25, 0.3) is 0 Å². The average Bonchev–Trinajstić information content (AvgIpc) is 2.76. The Labute approximate surface area is 105 Å². The lowest BCUT2D eigenvalue weighted by Gasteiger charge is -2.40. The molecule has 1 aromatic heterocycles. The molecule has 0 unspecified atom stereocenters. The molecule has 0 aliphatic heterocycles. The van der Waals surface area contributed by atoms with Crippen molar-refractivity contribution in [3.8, 4) is 0 Å². The highest BCUT2D eigenvalue weighted by Crippen LogP contribution is 2.42. The number of aromatic amines is 1. The summed E-state index contributed by atoms with van der Waals surface area (Å²) in [5.74, 6) is 0.817. The number of nitrogens with zero attached hydrogens (tertiary/aromatic N) is 2. The fraction of sp³-hybridized carbons (Fsp3) is 0.727. The third-order valence-corrected chi connectivity index (χ3v) is 4.76. The van der Waals surface area contributed by atoms with Gasteiger partial charge in [-0.1, -0.05) is 13.3 Å². The Kier molecular flexibility index (Phi) is 3.71. The van der Waals surface area contributed by atoms with Gasteiger partial charge in [0, 0.05) is 17.7 Å². The highest BCUT2D eigenvalue weighted by atomic mass is 32.2. The molecule has 0 atom stereocenters. The summed E-state index contributed by atoms with van der Waals surface area (Å²) in [5.41, 5.74) is 0. The molecular formula is C11H18N4OS. The van der Waals surface area contributed by atoms with Crippen LogP contribution in [-0.2, 0) is 6.42 Å². The summed E-state index contributed by atoms with van der Waals surface area (Å²) >= 11 is 1.84. The van der Waals surface area contributed by atoms with Gasteiger partial charge in [0.1, 0.15) is 5.82 Å². The summed E-state index contributed by atoms with van der Waals surface area (Å²) in [4.78, 5) is 15.9. The van der Waals surface area contributed by atoms with Crippen LogP contribution in [0.2, 0.25) is 0 Å². The van der Waals surface area contributed by atoms with Gasteiger partial charge in [0.2, 0.25) is 5.82 Å². The van der Waals surface area contributed by atoms with Crippen molar-refractivity contribution in [2.45, 2.75) is 37.4 Å². The molecule has 5 nitrogen and oxygen atoms in total. The first-order chi connectivity index (χ1) is 8.19. The van der Waals surface area contributed by atoms with Gasteiger partial charge in [0.25, 0.3) is 5.91 Å². The zero-order chi connectivity index (χ0) is 12.3. The number of aryl methyl sites for hydroxylation is 1. The van der Waals surface area contributed by atoms with E-state index in [1.807, 2.05) is 18.7 Å². The third-order valence-electron chi connectivity index (χ3n) is 3.34. The van der Waals surface area contributed by atoms with E-state index in [0.717, 1.165) is 12.2 Å². The van der Waals surface area contributed by atoms with Crippen molar-refractivity contribution in [1.29, 1.82) is 0 Å². The molecule has 1 fully saturated rings. The van der Waals surface area contributed by atoms with Gasteiger partial charge in [0.05, 0.1) is 0 Å². The quantitative estimate of drug-likeness (QED) is 0.833. The van der Waals surface area contributed by atoms with E-state index in [9.17, 15) is 4.79 Å². The van der Waals surface area contributed by atoms with Crippen molar-refractivity contribution in [2.75, 3.05) is 12.8 Å². The number of thioether (sulfide) groups is 1. The van der Waals surface area contributed by atoms with Crippen LogP contribution in [0.15, 0.2) is 0 Å². The summed E-state index contributed by atoms with van der Waals surface area (Å²) in [7, 11) is 0. The third kappa shape index (κ3) is 2.62. The lowest BCUT2D eigenvalue weighted by atomic mass is 9.84. The number of H-pyrrole nitrogens is 1. The number of nitrogens with one attached hydrogen (secondary N) is 2. The molecule has 2 N–H and O–H groups in total. The molecule has 94 valence electrons. The minimum Gasteiger partial charge on any atom is -0.348 e. The van der Waals surface area contributed by atoms with Crippen LogP contribution in [0.1, 0.15) is 42.6 Å². The van der Waals surface area contributed by atoms with Crippen LogP contribution in [0.4, 0.5) is 0 Å². The molecule has 0 saturated heterocycles. The van der Waals surface area contributed by atoms with E-state index in [1.54, 1.807) is 0 Å². The maximum atomic E-state index is 11.8. The molecule has 1 aromatic rings. The Morgan fingerprint density at radius 1 is 1.59 bits per heavy atom. The number of hydrogen-bond acceptors (Lipinski definition) is 4. The number of hydrogen-bond donors (Lipinski definition) is 2. The SMILES string of the molecule is CCc1nc(C(=O)NCC2(SC)CCC2)n[nH]1. The minimum absolute atomic E-state index is 0.179. The first-order valence-corrected chi connectivity index (χ1v) is 7.16. The predicted octanol–water partition coefficient (Wildman–Crippen LogP) is 1.38. The zero-order valence-electron chi connectivity index (χ0n) is 10.2. The number of rotatable bonds is 5. The monoisotopic (exact) mass is 254 g/mol. The Bertz CT molecular complexity index is 394. The Morgan fingerprint density at radius 2 is 2.35 bits per heavy atom. The number of carbonyl (C=O) groups excluding carboxylic acids is 1. The highest BCUT2D eigenvalue weighted by Gasteiger charge is 2.36. The van der Waals surface area contributed by atoms with Crippen LogP contribution in [-0.4, -0.2) is 38.6 Å². The first kappa shape index (κ1) is 12.4. The van der Waals surface area contributed by atoms with Gasteiger partial charge < -0.3 is 5.32 Å². The van der Waals surface area contributed by atoms with Gasteiger partial charge in [-0.05, 0) is 19.1 Å². The van der Waals surface area contributed by atoms with E-state index in [2.05, 4.69) is 26.8 Å². The summed E-state index contributed by atoms with van der Waals surface area (Å²) in [6.07, 6.45) is 6.49. The highest BCUT2D eigenvalue weighted by molar-refractivity contribution is 8.00. The van der Waals surface area contributed by atoms with Crippen LogP contribution in [0, 0.1) is 0 Å².